The lowest BCUT2D eigenvalue weighted by atomic mass is 9.99. The van der Waals surface area contributed by atoms with E-state index in [1.807, 2.05) is 51.1 Å². The van der Waals surface area contributed by atoms with Crippen LogP contribution < -0.4 is 5.32 Å². The lowest BCUT2D eigenvalue weighted by molar-refractivity contribution is 0.0528. The Hall–Kier alpha value is -2.66. The molecule has 0 saturated heterocycles. The molecular weight excluding hydrogens is 379 g/mol. The number of pyridine rings is 1. The number of carbonyl (C=O) groups is 1. The van der Waals surface area contributed by atoms with Gasteiger partial charge >= 0.3 is 6.09 Å². The van der Waals surface area contributed by atoms with Gasteiger partial charge in [0.2, 0.25) is 0 Å². The van der Waals surface area contributed by atoms with Gasteiger partial charge in [0.15, 0.2) is 0 Å². The number of aromatic nitrogens is 1. The van der Waals surface area contributed by atoms with Crippen LogP contribution in [0.1, 0.15) is 26.5 Å². The fourth-order valence-electron chi connectivity index (χ4n) is 2.92. The molecule has 0 aliphatic carbocycles. The number of carbonyl (C=O) groups excluding carboxylic acids is 1. The van der Waals surface area contributed by atoms with Crippen LogP contribution >= 0.6 is 11.6 Å². The maximum Gasteiger partial charge on any atom is 0.407 e. The lowest BCUT2D eigenvalue weighted by Gasteiger charge is -2.20. The summed E-state index contributed by atoms with van der Waals surface area (Å²) in [6.07, 6.45) is -0.0287. The van der Waals surface area contributed by atoms with Crippen LogP contribution in [-0.2, 0) is 11.2 Å². The van der Waals surface area contributed by atoms with Crippen molar-refractivity contribution in [3.63, 3.8) is 0 Å². The van der Waals surface area contributed by atoms with Crippen molar-refractivity contribution in [2.24, 2.45) is 0 Å². The summed E-state index contributed by atoms with van der Waals surface area (Å²) in [5, 5.41) is 3.75. The number of alkyl carbamates (subject to hydrolysis) is 1. The van der Waals surface area contributed by atoms with Gasteiger partial charge in [-0.2, -0.15) is 0 Å². The molecule has 0 fully saturated rings. The van der Waals surface area contributed by atoms with Gasteiger partial charge in [-0.25, -0.2) is 9.18 Å². The predicted molar refractivity (Wildman–Crippen MR) is 110 cm³/mol. The van der Waals surface area contributed by atoms with Crippen LogP contribution in [0.25, 0.3) is 22.0 Å². The largest absolute Gasteiger partial charge is 0.444 e. The van der Waals surface area contributed by atoms with E-state index >= 15 is 0 Å². The minimum atomic E-state index is -0.562. The Morgan fingerprint density at radius 2 is 1.89 bits per heavy atom. The molecule has 0 spiro atoms. The molecule has 1 heterocycles. The summed E-state index contributed by atoms with van der Waals surface area (Å²) in [6, 6.07) is 13.9. The lowest BCUT2D eigenvalue weighted by Crippen LogP contribution is -2.33. The number of halogens is 2. The van der Waals surface area contributed by atoms with Gasteiger partial charge in [-0.05, 0) is 44.5 Å². The van der Waals surface area contributed by atoms with Crippen LogP contribution in [-0.4, -0.2) is 23.2 Å². The Balaban J connectivity index is 1.94. The van der Waals surface area contributed by atoms with Crippen molar-refractivity contribution in [3.8, 4) is 11.1 Å². The van der Waals surface area contributed by atoms with Gasteiger partial charge in [0.1, 0.15) is 11.4 Å². The molecule has 0 aliphatic heterocycles. The minimum Gasteiger partial charge on any atom is -0.444 e. The Bertz CT molecular complexity index is 1000. The molecule has 2 aromatic carbocycles. The maximum absolute atomic E-state index is 13.7. The van der Waals surface area contributed by atoms with Crippen LogP contribution in [0, 0.1) is 5.82 Å². The molecule has 0 aliphatic rings. The monoisotopic (exact) mass is 400 g/mol. The molecule has 1 N–H and O–H groups in total. The van der Waals surface area contributed by atoms with E-state index < -0.39 is 11.7 Å². The summed E-state index contributed by atoms with van der Waals surface area (Å²) in [5.41, 5.74) is 2.41. The number of nitrogens with one attached hydrogen (secondary N) is 1. The average Bonchev–Trinajstić information content (AvgIpc) is 2.62. The van der Waals surface area contributed by atoms with Crippen LogP contribution in [0.3, 0.4) is 0 Å². The van der Waals surface area contributed by atoms with E-state index in [9.17, 15) is 9.18 Å². The van der Waals surface area contributed by atoms with Crippen molar-refractivity contribution in [2.75, 3.05) is 6.54 Å². The first-order chi connectivity index (χ1) is 13.2. The molecule has 1 aromatic heterocycles. The molecule has 0 unspecified atom stereocenters. The number of hydrogen-bond acceptors (Lipinski definition) is 3. The Kier molecular flexibility index (Phi) is 5.84. The van der Waals surface area contributed by atoms with Gasteiger partial charge in [-0.3, -0.25) is 4.98 Å². The van der Waals surface area contributed by atoms with E-state index in [1.165, 1.54) is 12.1 Å². The van der Waals surface area contributed by atoms with E-state index in [1.54, 1.807) is 6.07 Å². The highest BCUT2D eigenvalue weighted by Gasteiger charge is 2.18. The second-order valence-electron chi connectivity index (χ2n) is 7.45. The number of amides is 1. The summed E-state index contributed by atoms with van der Waals surface area (Å²) >= 11 is 6.66. The molecule has 3 rings (SSSR count). The van der Waals surface area contributed by atoms with Crippen LogP contribution in [0.15, 0.2) is 48.5 Å². The van der Waals surface area contributed by atoms with Crippen molar-refractivity contribution in [1.29, 1.82) is 0 Å². The van der Waals surface area contributed by atoms with Crippen LogP contribution in [0.4, 0.5) is 9.18 Å². The number of rotatable bonds is 4. The van der Waals surface area contributed by atoms with Crippen molar-refractivity contribution in [2.45, 2.75) is 32.8 Å². The van der Waals surface area contributed by atoms with E-state index in [0.717, 1.165) is 16.8 Å². The van der Waals surface area contributed by atoms with Gasteiger partial charge < -0.3 is 10.1 Å². The van der Waals surface area contributed by atoms with E-state index in [4.69, 9.17) is 16.3 Å². The second kappa shape index (κ2) is 8.15. The number of nitrogens with zero attached hydrogens (tertiary/aromatic N) is 1. The third kappa shape index (κ3) is 4.78. The highest BCUT2D eigenvalue weighted by atomic mass is 35.5. The van der Waals surface area contributed by atoms with Crippen molar-refractivity contribution < 1.29 is 13.9 Å². The molecular formula is C22H22ClFN2O2. The molecule has 0 saturated carbocycles. The Morgan fingerprint density at radius 3 is 2.57 bits per heavy atom. The van der Waals surface area contributed by atoms with E-state index in [-0.39, 0.29) is 5.82 Å². The maximum atomic E-state index is 13.7. The van der Waals surface area contributed by atoms with E-state index in [2.05, 4.69) is 10.3 Å². The van der Waals surface area contributed by atoms with E-state index in [0.29, 0.717) is 28.9 Å². The first-order valence-corrected chi connectivity index (χ1v) is 9.42. The molecule has 146 valence electrons. The number of hydrogen-bond donors (Lipinski definition) is 1. The highest BCUT2D eigenvalue weighted by Crippen LogP contribution is 2.36. The Labute approximate surface area is 168 Å². The number of benzene rings is 2. The standard InChI is InChI=1S/C22H22ClFN2O2/c1-22(2,3)28-21(27)25-12-11-18-19(14-7-5-4-6-8-14)20(23)16-13-15(24)9-10-17(16)26-18/h4-10,13H,11-12H2,1-3H3,(H,25,27). The first kappa shape index (κ1) is 20.1. The Morgan fingerprint density at radius 1 is 1.18 bits per heavy atom. The minimum absolute atomic E-state index is 0.338. The van der Waals surface area contributed by atoms with Crippen molar-refractivity contribution in [3.05, 3.63) is 65.1 Å². The van der Waals surface area contributed by atoms with Gasteiger partial charge in [0.05, 0.1) is 16.2 Å². The average molecular weight is 401 g/mol. The fraction of sp³-hybridized carbons (Fsp3) is 0.273. The fourth-order valence-corrected chi connectivity index (χ4v) is 3.29. The number of ether oxygens (including phenoxy) is 1. The SMILES string of the molecule is CC(C)(C)OC(=O)NCCc1nc2ccc(F)cc2c(Cl)c1-c1ccccc1. The quantitative estimate of drug-likeness (QED) is 0.605. The third-order valence-electron chi connectivity index (χ3n) is 4.05. The number of fused-ring (bicyclic) bond motifs is 1. The molecule has 3 aromatic rings. The van der Waals surface area contributed by atoms with Gasteiger partial charge in [0, 0.05) is 23.9 Å². The highest BCUT2D eigenvalue weighted by molar-refractivity contribution is 6.38. The van der Waals surface area contributed by atoms with Gasteiger partial charge in [0.25, 0.3) is 0 Å². The van der Waals surface area contributed by atoms with Gasteiger partial charge in [-0.15, -0.1) is 0 Å². The summed E-state index contributed by atoms with van der Waals surface area (Å²) in [4.78, 5) is 16.6. The zero-order valence-corrected chi connectivity index (χ0v) is 16.8. The van der Waals surface area contributed by atoms with Gasteiger partial charge in [-0.1, -0.05) is 41.9 Å². The first-order valence-electron chi connectivity index (χ1n) is 9.04. The molecule has 28 heavy (non-hydrogen) atoms. The molecule has 6 heteroatoms. The molecule has 4 nitrogen and oxygen atoms in total. The zero-order chi connectivity index (χ0) is 20.3. The summed E-state index contributed by atoms with van der Waals surface area (Å²) in [6.45, 7) is 5.77. The molecule has 0 radical (unpaired) electrons. The molecule has 0 atom stereocenters. The van der Waals surface area contributed by atoms with Crippen molar-refractivity contribution >= 4 is 28.6 Å². The zero-order valence-electron chi connectivity index (χ0n) is 16.1. The summed E-state index contributed by atoms with van der Waals surface area (Å²) in [7, 11) is 0. The molecule has 0 bridgehead atoms. The topological polar surface area (TPSA) is 51.2 Å². The summed E-state index contributed by atoms with van der Waals surface area (Å²) < 4.78 is 19.0. The molecule has 1 amide bonds. The smallest absolute Gasteiger partial charge is 0.407 e. The van der Waals surface area contributed by atoms with Crippen LogP contribution in [0.5, 0.6) is 0 Å². The van der Waals surface area contributed by atoms with Crippen molar-refractivity contribution in [1.82, 2.24) is 10.3 Å². The summed E-state index contributed by atoms with van der Waals surface area (Å²) in [5.74, 6) is -0.366. The third-order valence-corrected chi connectivity index (χ3v) is 4.44. The van der Waals surface area contributed by atoms with Crippen LogP contribution in [0.2, 0.25) is 5.02 Å². The second-order valence-corrected chi connectivity index (χ2v) is 7.83. The predicted octanol–water partition coefficient (Wildman–Crippen LogP) is 5.76. The normalized spacial score (nSPS) is 11.5.